The van der Waals surface area contributed by atoms with E-state index in [-0.39, 0.29) is 5.41 Å². The second-order valence-electron chi connectivity index (χ2n) is 12.4. The molecule has 47 heavy (non-hydrogen) atoms. The van der Waals surface area contributed by atoms with Crippen LogP contribution < -0.4 is 0 Å². The van der Waals surface area contributed by atoms with Crippen LogP contribution in [0.4, 0.5) is 0 Å². The first-order valence-electron chi connectivity index (χ1n) is 16.0. The number of fused-ring (bicyclic) bond motifs is 11. The highest BCUT2D eigenvalue weighted by Crippen LogP contribution is 2.64. The Morgan fingerprint density at radius 1 is 0.447 bits per heavy atom. The molecule has 7 aromatic carbocycles. The van der Waals surface area contributed by atoms with Crippen LogP contribution in [0.1, 0.15) is 22.3 Å². The molecule has 0 radical (unpaired) electrons. The van der Waals surface area contributed by atoms with E-state index in [1.54, 1.807) is 0 Å². The van der Waals surface area contributed by atoms with Crippen LogP contribution in [-0.2, 0) is 5.41 Å². The summed E-state index contributed by atoms with van der Waals surface area (Å²) in [4.78, 5) is 5.06. The van der Waals surface area contributed by atoms with Crippen molar-refractivity contribution < 1.29 is 0 Å². The lowest BCUT2D eigenvalue weighted by Crippen LogP contribution is -2.25. The molecule has 0 bridgehead atoms. The van der Waals surface area contributed by atoms with E-state index in [4.69, 9.17) is 4.98 Å². The lowest BCUT2D eigenvalue weighted by Gasteiger charge is -2.30. The second-order valence-corrected chi connectivity index (χ2v) is 13.3. The van der Waals surface area contributed by atoms with Gasteiger partial charge in [0, 0.05) is 21.3 Å². The van der Waals surface area contributed by atoms with Gasteiger partial charge in [-0.25, -0.2) is 4.98 Å². The quantitative estimate of drug-likeness (QED) is 0.184. The van der Waals surface area contributed by atoms with Crippen molar-refractivity contribution in [2.75, 3.05) is 0 Å². The minimum Gasteiger partial charge on any atom is -0.292 e. The molecular formula is C44H27BrN2. The lowest BCUT2D eigenvalue weighted by molar-refractivity contribution is 0.793. The van der Waals surface area contributed by atoms with Crippen LogP contribution in [0.15, 0.2) is 168 Å². The fourth-order valence-electron chi connectivity index (χ4n) is 8.29. The third-order valence-electron chi connectivity index (χ3n) is 10.1. The molecule has 10 rings (SSSR count). The van der Waals surface area contributed by atoms with Gasteiger partial charge in [0.05, 0.1) is 16.4 Å². The van der Waals surface area contributed by atoms with Gasteiger partial charge in [-0.1, -0.05) is 149 Å². The van der Waals surface area contributed by atoms with E-state index >= 15 is 0 Å². The van der Waals surface area contributed by atoms with Crippen LogP contribution in [0.25, 0.3) is 61.5 Å². The first kappa shape index (κ1) is 26.7. The summed E-state index contributed by atoms with van der Waals surface area (Å²) in [6.45, 7) is 0. The van der Waals surface area contributed by atoms with Gasteiger partial charge in [-0.05, 0) is 80.4 Å². The van der Waals surface area contributed by atoms with Crippen molar-refractivity contribution >= 4 is 27.0 Å². The van der Waals surface area contributed by atoms with Crippen molar-refractivity contribution in [3.05, 3.63) is 191 Å². The van der Waals surface area contributed by atoms with Crippen molar-refractivity contribution in [1.29, 1.82) is 0 Å². The van der Waals surface area contributed by atoms with Crippen LogP contribution >= 0.6 is 15.9 Å². The predicted molar refractivity (Wildman–Crippen MR) is 196 cm³/mol. The molecule has 0 aliphatic heterocycles. The topological polar surface area (TPSA) is 17.8 Å². The number of nitrogens with zero attached hydrogens (tertiary/aromatic N) is 2. The third-order valence-corrected chi connectivity index (χ3v) is 10.8. The van der Waals surface area contributed by atoms with E-state index in [2.05, 4.69) is 178 Å². The van der Waals surface area contributed by atoms with Gasteiger partial charge in [0.15, 0.2) is 0 Å². The van der Waals surface area contributed by atoms with Gasteiger partial charge in [0.25, 0.3) is 0 Å². The van der Waals surface area contributed by atoms with E-state index in [1.807, 2.05) is 6.07 Å². The molecule has 1 unspecified atom stereocenters. The van der Waals surface area contributed by atoms with E-state index in [9.17, 15) is 0 Å². The maximum atomic E-state index is 5.06. The molecule has 0 amide bonds. The Morgan fingerprint density at radius 3 is 1.79 bits per heavy atom. The third kappa shape index (κ3) is 3.58. The molecule has 0 saturated carbocycles. The van der Waals surface area contributed by atoms with E-state index in [0.717, 1.165) is 32.6 Å². The fourth-order valence-corrected chi connectivity index (χ4v) is 8.87. The van der Waals surface area contributed by atoms with Gasteiger partial charge in [-0.15, -0.1) is 0 Å². The molecule has 2 nitrogen and oxygen atoms in total. The smallest absolute Gasteiger partial charge is 0.145 e. The van der Waals surface area contributed by atoms with Gasteiger partial charge in [0.1, 0.15) is 5.82 Å². The maximum Gasteiger partial charge on any atom is 0.145 e. The summed E-state index contributed by atoms with van der Waals surface area (Å²) in [5, 5.41) is 0. The first-order valence-corrected chi connectivity index (χ1v) is 16.8. The van der Waals surface area contributed by atoms with E-state index < -0.39 is 0 Å². The SMILES string of the molecule is Brc1cccc2c1-c1ccccc1C21c2ccccc2-c2c(-c3ccc(-n4c(-c5ccccc5)nc5ccccc54)cc3)cccc21. The monoisotopic (exact) mass is 662 g/mol. The number of aromatic nitrogens is 2. The Morgan fingerprint density at radius 2 is 1.02 bits per heavy atom. The van der Waals surface area contributed by atoms with Gasteiger partial charge in [-0.2, -0.15) is 0 Å². The minimum atomic E-state index is -0.377. The maximum absolute atomic E-state index is 5.06. The molecule has 2 aliphatic rings. The molecule has 0 saturated heterocycles. The zero-order valence-corrected chi connectivity index (χ0v) is 26.9. The standard InChI is InChI=1S/C44H27BrN2/c45-38-21-11-20-37-42(38)33-15-5-7-18-35(33)44(37)34-17-6-4-14-32(34)41-31(16-10-19-36(41)44)28-24-26-30(27-25-28)47-40-23-9-8-22-39(40)46-43(47)29-12-2-1-3-13-29/h1-27H. The number of benzene rings is 7. The van der Waals surface area contributed by atoms with E-state index in [1.165, 1.54) is 55.6 Å². The molecule has 1 atom stereocenters. The highest BCUT2D eigenvalue weighted by molar-refractivity contribution is 9.10. The zero-order chi connectivity index (χ0) is 31.1. The number of imidazole rings is 1. The van der Waals surface area contributed by atoms with Gasteiger partial charge in [-0.3, -0.25) is 4.57 Å². The van der Waals surface area contributed by atoms with Gasteiger partial charge in [0.2, 0.25) is 0 Å². The molecular weight excluding hydrogens is 636 g/mol. The number of rotatable bonds is 3. The molecule has 3 heteroatoms. The highest BCUT2D eigenvalue weighted by atomic mass is 79.9. The summed E-state index contributed by atoms with van der Waals surface area (Å²) in [5.41, 5.74) is 16.9. The molecule has 1 aromatic heterocycles. The highest BCUT2D eigenvalue weighted by Gasteiger charge is 2.52. The van der Waals surface area contributed by atoms with Crippen LogP contribution in [0.3, 0.4) is 0 Å². The fraction of sp³-hybridized carbons (Fsp3) is 0.0227. The van der Waals surface area contributed by atoms with Crippen molar-refractivity contribution in [2.45, 2.75) is 5.41 Å². The Hall–Kier alpha value is -5.51. The summed E-state index contributed by atoms with van der Waals surface area (Å²) in [7, 11) is 0. The average molecular weight is 664 g/mol. The molecule has 1 spiro atoms. The number of hydrogen-bond acceptors (Lipinski definition) is 1. The largest absolute Gasteiger partial charge is 0.292 e. The molecule has 220 valence electrons. The van der Waals surface area contributed by atoms with Crippen molar-refractivity contribution in [2.24, 2.45) is 0 Å². The zero-order valence-electron chi connectivity index (χ0n) is 25.4. The predicted octanol–water partition coefficient (Wildman–Crippen LogP) is 11.5. The molecule has 8 aromatic rings. The first-order chi connectivity index (χ1) is 23.2. The van der Waals surface area contributed by atoms with Crippen LogP contribution in [0.2, 0.25) is 0 Å². The number of para-hydroxylation sites is 2. The summed E-state index contributed by atoms with van der Waals surface area (Å²) in [6.07, 6.45) is 0. The normalized spacial score (nSPS) is 15.4. The van der Waals surface area contributed by atoms with Crippen LogP contribution in [-0.4, -0.2) is 9.55 Å². The van der Waals surface area contributed by atoms with Crippen LogP contribution in [0.5, 0.6) is 0 Å². The summed E-state index contributed by atoms with van der Waals surface area (Å²) >= 11 is 3.93. The van der Waals surface area contributed by atoms with Crippen LogP contribution in [0, 0.1) is 0 Å². The Kier molecular flexibility index (Phi) is 5.67. The minimum absolute atomic E-state index is 0.377. The molecule has 1 heterocycles. The molecule has 2 aliphatic carbocycles. The van der Waals surface area contributed by atoms with Gasteiger partial charge >= 0.3 is 0 Å². The number of halogens is 1. The summed E-state index contributed by atoms with van der Waals surface area (Å²) in [5.74, 6) is 0.945. The molecule has 0 N–H and O–H groups in total. The Bertz CT molecular complexity index is 2530. The second kappa shape index (κ2) is 9.99. The summed E-state index contributed by atoms with van der Waals surface area (Å²) < 4.78 is 3.41. The van der Waals surface area contributed by atoms with Gasteiger partial charge < -0.3 is 0 Å². The number of hydrogen-bond donors (Lipinski definition) is 0. The lowest BCUT2D eigenvalue weighted by atomic mass is 9.70. The summed E-state index contributed by atoms with van der Waals surface area (Å²) in [6, 6.07) is 59.4. The Balaban J connectivity index is 1.19. The molecule has 0 fully saturated rings. The van der Waals surface area contributed by atoms with Crippen molar-refractivity contribution in [3.63, 3.8) is 0 Å². The van der Waals surface area contributed by atoms with Crippen molar-refractivity contribution in [1.82, 2.24) is 9.55 Å². The van der Waals surface area contributed by atoms with E-state index in [0.29, 0.717) is 0 Å². The Labute approximate surface area is 281 Å². The van der Waals surface area contributed by atoms with Crippen molar-refractivity contribution in [3.8, 4) is 50.5 Å². The average Bonchev–Trinajstić information content (AvgIpc) is 3.77.